The molecule has 3 heterocycles. The van der Waals surface area contributed by atoms with Gasteiger partial charge in [0.05, 0.1) is 18.2 Å². The number of anilines is 1. The molecule has 1 saturated heterocycles. The van der Waals surface area contributed by atoms with E-state index in [4.69, 9.17) is 14.2 Å². The summed E-state index contributed by atoms with van der Waals surface area (Å²) in [7, 11) is 0. The number of carbonyl (C=O) groups excluding carboxylic acids is 2. The summed E-state index contributed by atoms with van der Waals surface area (Å²) >= 11 is 0. The van der Waals surface area contributed by atoms with E-state index < -0.39 is 0 Å². The van der Waals surface area contributed by atoms with Crippen molar-refractivity contribution in [2.75, 3.05) is 25.3 Å². The van der Waals surface area contributed by atoms with Crippen molar-refractivity contribution in [1.29, 1.82) is 0 Å². The van der Waals surface area contributed by atoms with Crippen LogP contribution in [0.4, 0.5) is 5.69 Å². The molecule has 1 unspecified atom stereocenters. The molecule has 7 heteroatoms. The molecule has 2 aromatic rings. The zero-order valence-electron chi connectivity index (χ0n) is 15.7. The molecule has 0 aromatic heterocycles. The third-order valence-electron chi connectivity index (χ3n) is 5.28. The van der Waals surface area contributed by atoms with Crippen LogP contribution in [0.1, 0.15) is 18.4 Å². The van der Waals surface area contributed by atoms with E-state index in [2.05, 4.69) is 5.32 Å². The molecule has 1 fully saturated rings. The minimum atomic E-state index is -0.345. The molecule has 1 N–H and O–H groups in total. The zero-order valence-corrected chi connectivity index (χ0v) is 15.7. The van der Waals surface area contributed by atoms with E-state index in [0.29, 0.717) is 34.9 Å². The summed E-state index contributed by atoms with van der Waals surface area (Å²) in [6, 6.07) is 14.6. The van der Waals surface area contributed by atoms with Crippen LogP contribution < -0.4 is 14.8 Å². The van der Waals surface area contributed by atoms with E-state index in [9.17, 15) is 9.59 Å². The highest BCUT2D eigenvalue weighted by molar-refractivity contribution is 6.36. The van der Waals surface area contributed by atoms with Crippen molar-refractivity contribution in [2.45, 2.75) is 18.9 Å². The fraction of sp³-hybridized carbons (Fsp3) is 0.273. The van der Waals surface area contributed by atoms with Gasteiger partial charge in [-0.3, -0.25) is 14.5 Å². The second-order valence-electron chi connectivity index (χ2n) is 7.17. The molecular formula is C22H20N2O5. The summed E-state index contributed by atoms with van der Waals surface area (Å²) in [6.45, 7) is 1.10. The molecule has 2 aromatic carbocycles. The normalized spacial score (nSPS) is 20.7. The Kier molecular flexibility index (Phi) is 4.44. The minimum Gasteiger partial charge on any atom is -0.454 e. The predicted octanol–water partition coefficient (Wildman–Crippen LogP) is 2.79. The summed E-state index contributed by atoms with van der Waals surface area (Å²) in [6.07, 6.45) is 1.69. The van der Waals surface area contributed by atoms with Crippen LogP contribution in [0.2, 0.25) is 0 Å². The fourth-order valence-corrected chi connectivity index (χ4v) is 3.84. The molecule has 0 aliphatic carbocycles. The summed E-state index contributed by atoms with van der Waals surface area (Å²) in [5.41, 5.74) is 1.98. The van der Waals surface area contributed by atoms with Gasteiger partial charge in [0.1, 0.15) is 5.70 Å². The number of nitrogens with one attached hydrogen (secondary N) is 1. The van der Waals surface area contributed by atoms with Gasteiger partial charge in [0.25, 0.3) is 11.8 Å². The molecule has 0 saturated carbocycles. The summed E-state index contributed by atoms with van der Waals surface area (Å²) < 4.78 is 16.4. The van der Waals surface area contributed by atoms with E-state index in [0.717, 1.165) is 12.8 Å². The Morgan fingerprint density at radius 1 is 1.00 bits per heavy atom. The fourth-order valence-electron chi connectivity index (χ4n) is 3.84. The van der Waals surface area contributed by atoms with E-state index in [1.54, 1.807) is 18.2 Å². The number of imide groups is 1. The first-order chi connectivity index (χ1) is 14.2. The standard InChI is InChI=1S/C22H20N2O5/c25-21-19(14-5-2-1-3-6-14)20(22(26)24(21)12-16-7-4-10-27-16)23-15-8-9-17-18(11-15)29-13-28-17/h1-3,5-6,8-9,11,16,23H,4,7,10,12-13H2. The number of carbonyl (C=O) groups is 2. The average Bonchev–Trinajstić information content (AvgIpc) is 3.46. The molecule has 29 heavy (non-hydrogen) atoms. The van der Waals surface area contributed by atoms with Crippen molar-refractivity contribution in [3.05, 3.63) is 59.8 Å². The SMILES string of the molecule is O=C1C(Nc2ccc3c(c2)OCO3)=C(c2ccccc2)C(=O)N1CC1CCCO1. The van der Waals surface area contributed by atoms with Crippen LogP contribution in [0.25, 0.3) is 5.57 Å². The van der Waals surface area contributed by atoms with Gasteiger partial charge in [0.15, 0.2) is 11.5 Å². The maximum atomic E-state index is 13.2. The molecule has 148 valence electrons. The molecule has 0 radical (unpaired) electrons. The van der Waals surface area contributed by atoms with Crippen molar-refractivity contribution in [3.63, 3.8) is 0 Å². The monoisotopic (exact) mass is 392 g/mol. The topological polar surface area (TPSA) is 77.1 Å². The molecule has 3 aliphatic heterocycles. The van der Waals surface area contributed by atoms with Gasteiger partial charge in [0.2, 0.25) is 6.79 Å². The highest BCUT2D eigenvalue weighted by atomic mass is 16.7. The maximum absolute atomic E-state index is 13.2. The lowest BCUT2D eigenvalue weighted by atomic mass is 10.0. The first-order valence-corrected chi connectivity index (χ1v) is 9.65. The summed E-state index contributed by atoms with van der Waals surface area (Å²) in [4.78, 5) is 27.7. The number of rotatable bonds is 5. The Balaban J connectivity index is 1.50. The summed E-state index contributed by atoms with van der Waals surface area (Å²) in [5, 5.41) is 3.15. The lowest BCUT2D eigenvalue weighted by molar-refractivity contribution is -0.138. The number of amides is 2. The number of ether oxygens (including phenoxy) is 3. The van der Waals surface area contributed by atoms with Gasteiger partial charge < -0.3 is 19.5 Å². The molecule has 3 aliphatic rings. The second kappa shape index (κ2) is 7.25. The Morgan fingerprint density at radius 2 is 1.83 bits per heavy atom. The van der Waals surface area contributed by atoms with Crippen LogP contribution in [0, 0.1) is 0 Å². The molecule has 1 atom stereocenters. The van der Waals surface area contributed by atoms with Gasteiger partial charge in [-0.2, -0.15) is 0 Å². The van der Waals surface area contributed by atoms with Crippen molar-refractivity contribution in [2.24, 2.45) is 0 Å². The minimum absolute atomic E-state index is 0.107. The molecular weight excluding hydrogens is 372 g/mol. The quantitative estimate of drug-likeness (QED) is 0.789. The van der Waals surface area contributed by atoms with Crippen LogP contribution in [-0.4, -0.2) is 42.8 Å². The lowest BCUT2D eigenvalue weighted by Crippen LogP contribution is -2.38. The lowest BCUT2D eigenvalue weighted by Gasteiger charge is -2.19. The number of hydrogen-bond acceptors (Lipinski definition) is 6. The molecule has 2 amide bonds. The maximum Gasteiger partial charge on any atom is 0.278 e. The number of hydrogen-bond donors (Lipinski definition) is 1. The van der Waals surface area contributed by atoms with Crippen LogP contribution in [0.5, 0.6) is 11.5 Å². The predicted molar refractivity (Wildman–Crippen MR) is 105 cm³/mol. The largest absolute Gasteiger partial charge is 0.454 e. The van der Waals surface area contributed by atoms with Crippen LogP contribution in [0.15, 0.2) is 54.2 Å². The van der Waals surface area contributed by atoms with Gasteiger partial charge in [-0.1, -0.05) is 30.3 Å². The molecule has 5 rings (SSSR count). The Morgan fingerprint density at radius 3 is 2.62 bits per heavy atom. The Bertz CT molecular complexity index is 996. The van der Waals surface area contributed by atoms with Gasteiger partial charge in [-0.25, -0.2) is 0 Å². The Labute approximate surface area is 167 Å². The van der Waals surface area contributed by atoms with Crippen molar-refractivity contribution >= 4 is 23.1 Å². The van der Waals surface area contributed by atoms with Crippen molar-refractivity contribution in [3.8, 4) is 11.5 Å². The highest BCUT2D eigenvalue weighted by Crippen LogP contribution is 2.36. The van der Waals surface area contributed by atoms with Crippen molar-refractivity contribution < 1.29 is 23.8 Å². The first-order valence-electron chi connectivity index (χ1n) is 9.65. The van der Waals surface area contributed by atoms with Crippen LogP contribution in [-0.2, 0) is 14.3 Å². The second-order valence-corrected chi connectivity index (χ2v) is 7.17. The van der Waals surface area contributed by atoms with Gasteiger partial charge in [-0.05, 0) is 30.5 Å². The van der Waals surface area contributed by atoms with Crippen molar-refractivity contribution in [1.82, 2.24) is 4.90 Å². The molecule has 0 bridgehead atoms. The van der Waals surface area contributed by atoms with Gasteiger partial charge in [-0.15, -0.1) is 0 Å². The zero-order chi connectivity index (χ0) is 19.8. The Hall–Kier alpha value is -3.32. The molecule has 0 spiro atoms. The number of benzene rings is 2. The average molecular weight is 392 g/mol. The van der Waals surface area contributed by atoms with E-state index in [-0.39, 0.29) is 37.0 Å². The number of nitrogens with zero attached hydrogens (tertiary/aromatic N) is 1. The van der Waals surface area contributed by atoms with Crippen LogP contribution in [0.3, 0.4) is 0 Å². The van der Waals surface area contributed by atoms with E-state index >= 15 is 0 Å². The van der Waals surface area contributed by atoms with E-state index in [1.807, 2.05) is 30.3 Å². The highest BCUT2D eigenvalue weighted by Gasteiger charge is 2.40. The summed E-state index contributed by atoms with van der Waals surface area (Å²) in [5.74, 6) is 0.605. The van der Waals surface area contributed by atoms with Gasteiger partial charge in [0, 0.05) is 18.4 Å². The van der Waals surface area contributed by atoms with Gasteiger partial charge >= 0.3 is 0 Å². The van der Waals surface area contributed by atoms with Crippen LogP contribution >= 0.6 is 0 Å². The third-order valence-corrected chi connectivity index (χ3v) is 5.28. The van der Waals surface area contributed by atoms with E-state index in [1.165, 1.54) is 4.90 Å². The first kappa shape index (κ1) is 17.8. The number of fused-ring (bicyclic) bond motifs is 1. The smallest absolute Gasteiger partial charge is 0.278 e. The molecule has 7 nitrogen and oxygen atoms in total. The third kappa shape index (κ3) is 3.23.